The summed E-state index contributed by atoms with van der Waals surface area (Å²) in [5, 5.41) is 14.9. The number of hydrogen-bond acceptors (Lipinski definition) is 6. The van der Waals surface area contributed by atoms with Crippen molar-refractivity contribution >= 4 is 23.9 Å². The first kappa shape index (κ1) is 27.7. The zero-order chi connectivity index (χ0) is 26.8. The molecule has 37 heavy (non-hydrogen) atoms. The number of hydrogen-bond donors (Lipinski definition) is 3. The van der Waals surface area contributed by atoms with E-state index in [1.807, 2.05) is 13.0 Å². The van der Waals surface area contributed by atoms with Crippen LogP contribution < -0.4 is 10.6 Å². The lowest BCUT2D eigenvalue weighted by atomic mass is 9.91. The lowest BCUT2D eigenvalue weighted by Gasteiger charge is -2.28. The van der Waals surface area contributed by atoms with Gasteiger partial charge in [0.1, 0.15) is 24.3 Å². The highest BCUT2D eigenvalue weighted by Crippen LogP contribution is 2.32. The van der Waals surface area contributed by atoms with Gasteiger partial charge in [-0.3, -0.25) is 9.59 Å². The molecule has 0 spiro atoms. The van der Waals surface area contributed by atoms with E-state index in [0.717, 1.165) is 31.2 Å². The van der Waals surface area contributed by atoms with Gasteiger partial charge in [0.25, 0.3) is 0 Å². The van der Waals surface area contributed by atoms with Gasteiger partial charge in [0, 0.05) is 0 Å². The third-order valence-corrected chi connectivity index (χ3v) is 6.51. The van der Waals surface area contributed by atoms with Crippen LogP contribution >= 0.6 is 0 Å². The smallest absolute Gasteiger partial charge is 0.408 e. The van der Waals surface area contributed by atoms with Crippen molar-refractivity contribution in [2.45, 2.75) is 70.2 Å². The molecule has 9 nitrogen and oxygen atoms in total. The summed E-state index contributed by atoms with van der Waals surface area (Å²) in [6, 6.07) is 15.2. The molecule has 3 N–H and O–H groups in total. The van der Waals surface area contributed by atoms with E-state index in [9.17, 15) is 24.3 Å². The molecule has 3 rings (SSSR count). The predicted molar refractivity (Wildman–Crippen MR) is 135 cm³/mol. The van der Waals surface area contributed by atoms with Crippen LogP contribution in [0.3, 0.4) is 0 Å². The summed E-state index contributed by atoms with van der Waals surface area (Å²) in [6.45, 7) is 3.27. The van der Waals surface area contributed by atoms with E-state index in [1.165, 1.54) is 6.92 Å². The molecule has 1 fully saturated rings. The molecule has 0 aliphatic heterocycles. The molecular weight excluding hydrogens is 476 g/mol. The lowest BCUT2D eigenvalue weighted by molar-refractivity contribution is -0.160. The van der Waals surface area contributed by atoms with Crippen molar-refractivity contribution in [1.29, 1.82) is 0 Å². The Morgan fingerprint density at radius 3 is 2.05 bits per heavy atom. The summed E-state index contributed by atoms with van der Waals surface area (Å²) >= 11 is 0. The Labute approximate surface area is 216 Å². The average Bonchev–Trinajstić information content (AvgIpc) is 3.31. The Kier molecular flexibility index (Phi) is 9.65. The minimum absolute atomic E-state index is 0.0237. The van der Waals surface area contributed by atoms with E-state index in [4.69, 9.17) is 9.47 Å². The summed E-state index contributed by atoms with van der Waals surface area (Å²) < 4.78 is 10.9. The molecule has 1 aliphatic rings. The largest absolute Gasteiger partial charge is 0.481 e. The Hall–Kier alpha value is -3.88. The van der Waals surface area contributed by atoms with Crippen molar-refractivity contribution in [3.63, 3.8) is 0 Å². The highest BCUT2D eigenvalue weighted by atomic mass is 16.6. The van der Waals surface area contributed by atoms with E-state index in [1.54, 1.807) is 54.6 Å². The molecule has 2 aromatic carbocycles. The molecule has 198 valence electrons. The zero-order valence-corrected chi connectivity index (χ0v) is 21.1. The second-order valence-corrected chi connectivity index (χ2v) is 9.63. The molecule has 0 bridgehead atoms. The number of esters is 1. The molecule has 1 saturated carbocycles. The number of nitrogens with one attached hydrogen (secondary N) is 2. The minimum atomic E-state index is -1.50. The van der Waals surface area contributed by atoms with Crippen LogP contribution in [0.4, 0.5) is 4.79 Å². The van der Waals surface area contributed by atoms with Gasteiger partial charge in [-0.25, -0.2) is 9.59 Å². The summed E-state index contributed by atoms with van der Waals surface area (Å²) in [7, 11) is 0. The Balaban J connectivity index is 1.73. The van der Waals surface area contributed by atoms with E-state index in [-0.39, 0.29) is 13.0 Å². The fourth-order valence-corrected chi connectivity index (χ4v) is 4.37. The highest BCUT2D eigenvalue weighted by Gasteiger charge is 2.38. The SMILES string of the molecule is C[C@@H](NC(=O)[C@@H](NC(=O)OCc1ccccc1)C(Cc1ccccc1)C(=O)O)C(=O)OC1(C)CCCC1. The number of amides is 2. The Morgan fingerprint density at radius 1 is 0.919 bits per heavy atom. The lowest BCUT2D eigenvalue weighted by Crippen LogP contribution is -2.56. The number of carboxylic acids is 1. The number of rotatable bonds is 11. The van der Waals surface area contributed by atoms with Crippen LogP contribution in [0.2, 0.25) is 0 Å². The Morgan fingerprint density at radius 2 is 1.49 bits per heavy atom. The highest BCUT2D eigenvalue weighted by molar-refractivity contribution is 5.93. The van der Waals surface area contributed by atoms with Crippen molar-refractivity contribution in [2.75, 3.05) is 0 Å². The van der Waals surface area contributed by atoms with E-state index < -0.39 is 47.5 Å². The third kappa shape index (κ3) is 8.34. The van der Waals surface area contributed by atoms with Crippen LogP contribution in [0.25, 0.3) is 0 Å². The van der Waals surface area contributed by atoms with Gasteiger partial charge in [-0.05, 0) is 57.1 Å². The van der Waals surface area contributed by atoms with Gasteiger partial charge in [0.2, 0.25) is 5.91 Å². The number of carbonyl (C=O) groups excluding carboxylic acids is 3. The number of ether oxygens (including phenoxy) is 2. The third-order valence-electron chi connectivity index (χ3n) is 6.51. The molecule has 0 aromatic heterocycles. The molecule has 3 atom stereocenters. The van der Waals surface area contributed by atoms with Crippen LogP contribution in [0, 0.1) is 5.92 Å². The summed E-state index contributed by atoms with van der Waals surface area (Å²) in [5.41, 5.74) is 0.828. The molecule has 1 aliphatic carbocycles. The van der Waals surface area contributed by atoms with Crippen LogP contribution in [0.5, 0.6) is 0 Å². The average molecular weight is 511 g/mol. The number of carboxylic acid groups (broad SMARTS) is 1. The van der Waals surface area contributed by atoms with E-state index in [0.29, 0.717) is 5.56 Å². The van der Waals surface area contributed by atoms with Crippen molar-refractivity contribution < 1.29 is 33.8 Å². The van der Waals surface area contributed by atoms with E-state index >= 15 is 0 Å². The van der Waals surface area contributed by atoms with E-state index in [2.05, 4.69) is 10.6 Å². The molecule has 0 radical (unpaired) electrons. The van der Waals surface area contributed by atoms with Gasteiger partial charge in [-0.2, -0.15) is 0 Å². The number of alkyl carbamates (subject to hydrolysis) is 1. The quantitative estimate of drug-likeness (QED) is 0.394. The van der Waals surface area contributed by atoms with Crippen LogP contribution in [-0.2, 0) is 36.9 Å². The first-order valence-electron chi connectivity index (χ1n) is 12.4. The van der Waals surface area contributed by atoms with Crippen LogP contribution in [-0.4, -0.2) is 46.7 Å². The summed E-state index contributed by atoms with van der Waals surface area (Å²) in [5.74, 6) is -4.03. The maximum atomic E-state index is 13.3. The van der Waals surface area contributed by atoms with Crippen LogP contribution in [0.15, 0.2) is 60.7 Å². The molecule has 1 unspecified atom stereocenters. The molecule has 0 heterocycles. The van der Waals surface area contributed by atoms with Gasteiger partial charge in [0.15, 0.2) is 0 Å². The monoisotopic (exact) mass is 510 g/mol. The molecule has 9 heteroatoms. The van der Waals surface area contributed by atoms with Gasteiger partial charge in [-0.15, -0.1) is 0 Å². The normalized spacial score (nSPS) is 16.6. The summed E-state index contributed by atoms with van der Waals surface area (Å²) in [6.07, 6.45) is 2.44. The van der Waals surface area contributed by atoms with Gasteiger partial charge in [0.05, 0.1) is 5.92 Å². The van der Waals surface area contributed by atoms with Crippen molar-refractivity contribution in [1.82, 2.24) is 10.6 Å². The fourth-order valence-electron chi connectivity index (χ4n) is 4.37. The second kappa shape index (κ2) is 12.9. The van der Waals surface area contributed by atoms with Crippen molar-refractivity contribution in [3.05, 3.63) is 71.8 Å². The van der Waals surface area contributed by atoms with Crippen molar-refractivity contribution in [3.8, 4) is 0 Å². The van der Waals surface area contributed by atoms with Crippen molar-refractivity contribution in [2.24, 2.45) is 5.92 Å². The van der Waals surface area contributed by atoms with Gasteiger partial charge < -0.3 is 25.2 Å². The minimum Gasteiger partial charge on any atom is -0.481 e. The number of aliphatic carboxylic acids is 1. The first-order valence-corrected chi connectivity index (χ1v) is 12.4. The second-order valence-electron chi connectivity index (χ2n) is 9.63. The first-order chi connectivity index (χ1) is 17.7. The Bertz CT molecular complexity index is 1070. The van der Waals surface area contributed by atoms with Crippen LogP contribution in [0.1, 0.15) is 50.7 Å². The fraction of sp³-hybridized carbons (Fsp3) is 0.429. The van der Waals surface area contributed by atoms with Gasteiger partial charge >= 0.3 is 18.0 Å². The zero-order valence-electron chi connectivity index (χ0n) is 21.1. The maximum Gasteiger partial charge on any atom is 0.408 e. The number of carbonyl (C=O) groups is 4. The molecule has 2 amide bonds. The molecule has 2 aromatic rings. The number of benzene rings is 2. The predicted octanol–water partition coefficient (Wildman–Crippen LogP) is 3.61. The topological polar surface area (TPSA) is 131 Å². The standard InChI is InChI=1S/C28H34N2O7/c1-19(26(34)37-28(2)15-9-10-16-28)29-24(31)23(22(25(32)33)17-20-11-5-3-6-12-20)30-27(35)36-18-21-13-7-4-8-14-21/h3-8,11-14,19,22-23H,9-10,15-18H2,1-2H3,(H,29,31)(H,30,35)(H,32,33)/t19-,22?,23+/m1/s1. The molecular formula is C28H34N2O7. The van der Waals surface area contributed by atoms with Gasteiger partial charge in [-0.1, -0.05) is 60.7 Å². The summed E-state index contributed by atoms with van der Waals surface area (Å²) in [4.78, 5) is 50.8. The molecule has 0 saturated heterocycles. The maximum absolute atomic E-state index is 13.3.